The molecule has 0 bridgehead atoms. The van der Waals surface area contributed by atoms with Gasteiger partial charge in [-0.25, -0.2) is 24.2 Å². The van der Waals surface area contributed by atoms with Crippen LogP contribution in [0.1, 0.15) is 13.3 Å². The highest BCUT2D eigenvalue weighted by Gasteiger charge is 2.37. The maximum absolute atomic E-state index is 12.5. The molecule has 1 atom stereocenters. The average Bonchev–Trinajstić information content (AvgIpc) is 2.47. The minimum atomic E-state index is -3.80. The van der Waals surface area contributed by atoms with Crippen LogP contribution in [-0.2, 0) is 14.8 Å². The van der Waals surface area contributed by atoms with E-state index in [4.69, 9.17) is 5.84 Å². The van der Waals surface area contributed by atoms with Crippen LogP contribution in [0.5, 0.6) is 0 Å². The number of nitrogens with one attached hydrogen (secondary N) is 2. The van der Waals surface area contributed by atoms with Crippen molar-refractivity contribution in [2.75, 3.05) is 18.5 Å². The number of sulfonamides is 1. The van der Waals surface area contributed by atoms with Crippen LogP contribution in [0.15, 0.2) is 17.3 Å². The van der Waals surface area contributed by atoms with Gasteiger partial charge >= 0.3 is 0 Å². The molecule has 0 aromatic carbocycles. The first-order valence-electron chi connectivity index (χ1n) is 6.09. The molecule has 1 aromatic rings. The standard InChI is InChI=1S/C10H16N6O3S/c1-2-8-9(17)12-3-4-16(8)20(18,19)7-5-13-10(15-11)14-6-7/h5-6,8H,2-4,11H2,1H3,(H,12,17)(H,13,14,15). The number of rotatable bonds is 4. The van der Waals surface area contributed by atoms with E-state index in [0.29, 0.717) is 6.42 Å². The van der Waals surface area contributed by atoms with Crippen LogP contribution in [0.25, 0.3) is 0 Å². The third-order valence-electron chi connectivity index (χ3n) is 3.03. The summed E-state index contributed by atoms with van der Waals surface area (Å²) in [5.41, 5.74) is 2.22. The maximum Gasteiger partial charge on any atom is 0.246 e. The zero-order valence-electron chi connectivity index (χ0n) is 10.9. The normalized spacial score (nSPS) is 20.5. The molecule has 0 spiro atoms. The third kappa shape index (κ3) is 2.57. The summed E-state index contributed by atoms with van der Waals surface area (Å²) in [5, 5.41) is 2.65. The van der Waals surface area contributed by atoms with Crippen molar-refractivity contribution in [1.82, 2.24) is 19.6 Å². The van der Waals surface area contributed by atoms with Gasteiger partial charge in [-0.1, -0.05) is 6.92 Å². The molecule has 20 heavy (non-hydrogen) atoms. The molecule has 1 aliphatic rings. The Hall–Kier alpha value is -1.78. The van der Waals surface area contributed by atoms with Crippen molar-refractivity contribution in [2.45, 2.75) is 24.3 Å². The summed E-state index contributed by atoms with van der Waals surface area (Å²) in [7, 11) is -3.80. The highest BCUT2D eigenvalue weighted by atomic mass is 32.2. The van der Waals surface area contributed by atoms with E-state index < -0.39 is 16.1 Å². The Morgan fingerprint density at radius 1 is 1.50 bits per heavy atom. The van der Waals surface area contributed by atoms with E-state index in [9.17, 15) is 13.2 Å². The second-order valence-corrected chi connectivity index (χ2v) is 6.11. The zero-order chi connectivity index (χ0) is 14.8. The number of carbonyl (C=O) groups is 1. The van der Waals surface area contributed by atoms with Gasteiger partial charge in [0.2, 0.25) is 21.9 Å². The summed E-state index contributed by atoms with van der Waals surface area (Å²) < 4.78 is 26.2. The monoisotopic (exact) mass is 300 g/mol. The lowest BCUT2D eigenvalue weighted by molar-refractivity contribution is -0.126. The van der Waals surface area contributed by atoms with E-state index in [1.54, 1.807) is 6.92 Å². The van der Waals surface area contributed by atoms with Gasteiger partial charge in [0.05, 0.1) is 12.4 Å². The van der Waals surface area contributed by atoms with Gasteiger partial charge in [-0.15, -0.1) is 0 Å². The number of nitrogens with zero attached hydrogens (tertiary/aromatic N) is 3. The number of carbonyl (C=O) groups excluding carboxylic acids is 1. The van der Waals surface area contributed by atoms with E-state index >= 15 is 0 Å². The number of nitrogens with two attached hydrogens (primary N) is 1. The Morgan fingerprint density at radius 3 is 2.70 bits per heavy atom. The Morgan fingerprint density at radius 2 is 2.15 bits per heavy atom. The fourth-order valence-electron chi connectivity index (χ4n) is 2.03. The van der Waals surface area contributed by atoms with Crippen molar-refractivity contribution < 1.29 is 13.2 Å². The summed E-state index contributed by atoms with van der Waals surface area (Å²) in [6, 6.07) is -0.707. The van der Waals surface area contributed by atoms with Crippen LogP contribution in [0.3, 0.4) is 0 Å². The van der Waals surface area contributed by atoms with Crippen LogP contribution < -0.4 is 16.6 Å². The van der Waals surface area contributed by atoms with E-state index in [1.807, 2.05) is 0 Å². The molecule has 9 nitrogen and oxygen atoms in total. The molecule has 0 radical (unpaired) electrons. The first kappa shape index (κ1) is 14.6. The molecular weight excluding hydrogens is 284 g/mol. The molecule has 2 heterocycles. The zero-order valence-corrected chi connectivity index (χ0v) is 11.7. The van der Waals surface area contributed by atoms with Crippen LogP contribution in [-0.4, -0.2) is 47.7 Å². The topological polar surface area (TPSA) is 130 Å². The minimum absolute atomic E-state index is 0.0651. The second-order valence-electron chi connectivity index (χ2n) is 4.22. The predicted molar refractivity (Wildman–Crippen MR) is 70.8 cm³/mol. The smallest absolute Gasteiger partial charge is 0.246 e. The number of nitrogen functional groups attached to an aromatic ring is 1. The highest BCUT2D eigenvalue weighted by Crippen LogP contribution is 2.20. The first-order chi connectivity index (χ1) is 9.50. The molecule has 1 aromatic heterocycles. The van der Waals surface area contributed by atoms with Gasteiger partial charge in [-0.3, -0.25) is 10.2 Å². The molecule has 4 N–H and O–H groups in total. The Kier molecular flexibility index (Phi) is 4.16. The van der Waals surface area contributed by atoms with Gasteiger partial charge in [-0.2, -0.15) is 4.31 Å². The Balaban J connectivity index is 2.34. The summed E-state index contributed by atoms with van der Waals surface area (Å²) in [6.45, 7) is 2.28. The van der Waals surface area contributed by atoms with Crippen LogP contribution in [0.4, 0.5) is 5.95 Å². The van der Waals surface area contributed by atoms with E-state index in [-0.39, 0.29) is 29.8 Å². The lowest BCUT2D eigenvalue weighted by Crippen LogP contribution is -2.56. The lowest BCUT2D eigenvalue weighted by Gasteiger charge is -2.33. The molecule has 2 rings (SSSR count). The molecular formula is C10H16N6O3S. The summed E-state index contributed by atoms with van der Waals surface area (Å²) in [5.74, 6) is 4.96. The number of hydrogen-bond donors (Lipinski definition) is 3. The van der Waals surface area contributed by atoms with E-state index in [0.717, 1.165) is 12.4 Å². The van der Waals surface area contributed by atoms with E-state index in [1.165, 1.54) is 4.31 Å². The number of aromatic nitrogens is 2. The lowest BCUT2D eigenvalue weighted by atomic mass is 10.2. The Bertz CT molecular complexity index is 588. The Labute approximate surface area is 116 Å². The summed E-state index contributed by atoms with van der Waals surface area (Å²) in [6.07, 6.45) is 2.72. The number of hydrazine groups is 1. The van der Waals surface area contributed by atoms with Crippen molar-refractivity contribution in [3.05, 3.63) is 12.4 Å². The van der Waals surface area contributed by atoms with Crippen molar-refractivity contribution >= 4 is 21.9 Å². The van der Waals surface area contributed by atoms with Gasteiger partial charge < -0.3 is 5.32 Å². The van der Waals surface area contributed by atoms with Crippen LogP contribution >= 0.6 is 0 Å². The molecule has 1 unspecified atom stereocenters. The molecule has 1 saturated heterocycles. The largest absolute Gasteiger partial charge is 0.353 e. The van der Waals surface area contributed by atoms with Crippen molar-refractivity contribution in [2.24, 2.45) is 5.84 Å². The van der Waals surface area contributed by atoms with Crippen LogP contribution in [0, 0.1) is 0 Å². The van der Waals surface area contributed by atoms with Gasteiger partial charge in [-0.05, 0) is 6.42 Å². The predicted octanol–water partition coefficient (Wildman–Crippen LogP) is -1.34. The van der Waals surface area contributed by atoms with Gasteiger partial charge in [0, 0.05) is 13.1 Å². The number of piperazine rings is 1. The molecule has 0 aliphatic carbocycles. The van der Waals surface area contributed by atoms with Crippen molar-refractivity contribution in [1.29, 1.82) is 0 Å². The third-order valence-corrected chi connectivity index (χ3v) is 4.89. The number of amides is 1. The molecule has 0 saturated carbocycles. The maximum atomic E-state index is 12.5. The fourth-order valence-corrected chi connectivity index (χ4v) is 3.58. The quantitative estimate of drug-likeness (QED) is 0.463. The van der Waals surface area contributed by atoms with Gasteiger partial charge in [0.15, 0.2) is 0 Å². The molecule has 10 heteroatoms. The van der Waals surface area contributed by atoms with Crippen molar-refractivity contribution in [3.8, 4) is 0 Å². The van der Waals surface area contributed by atoms with Gasteiger partial charge in [0.25, 0.3) is 0 Å². The molecule has 1 amide bonds. The molecule has 110 valence electrons. The van der Waals surface area contributed by atoms with E-state index in [2.05, 4.69) is 20.7 Å². The van der Waals surface area contributed by atoms with Crippen LogP contribution in [0.2, 0.25) is 0 Å². The summed E-state index contributed by atoms with van der Waals surface area (Å²) >= 11 is 0. The second kappa shape index (κ2) is 5.69. The molecule has 1 fully saturated rings. The SMILES string of the molecule is CCC1C(=O)NCCN1S(=O)(=O)c1cnc(NN)nc1. The summed E-state index contributed by atoms with van der Waals surface area (Å²) in [4.78, 5) is 19.2. The fraction of sp³-hybridized carbons (Fsp3) is 0.500. The average molecular weight is 300 g/mol. The van der Waals surface area contributed by atoms with Crippen molar-refractivity contribution in [3.63, 3.8) is 0 Å². The number of anilines is 1. The van der Waals surface area contributed by atoms with Gasteiger partial charge in [0.1, 0.15) is 10.9 Å². The minimum Gasteiger partial charge on any atom is -0.353 e. The molecule has 1 aliphatic heterocycles. The first-order valence-corrected chi connectivity index (χ1v) is 7.53. The number of hydrogen-bond acceptors (Lipinski definition) is 7. The highest BCUT2D eigenvalue weighted by molar-refractivity contribution is 7.89.